The van der Waals surface area contributed by atoms with E-state index in [2.05, 4.69) is 5.32 Å². The summed E-state index contributed by atoms with van der Waals surface area (Å²) in [6.07, 6.45) is 0.224. The molecule has 0 aromatic heterocycles. The lowest BCUT2D eigenvalue weighted by molar-refractivity contribution is -0.140. The number of sulfonamides is 1. The third-order valence-corrected chi connectivity index (χ3v) is 9.50. The first-order valence-corrected chi connectivity index (χ1v) is 16.9. The lowest BCUT2D eigenvalue weighted by Crippen LogP contribution is -2.53. The Balaban J connectivity index is 1.83. The van der Waals surface area contributed by atoms with E-state index in [4.69, 9.17) is 16.3 Å². The van der Waals surface area contributed by atoms with Gasteiger partial charge in [-0.3, -0.25) is 13.9 Å². The predicted octanol–water partition coefficient (Wildman–Crippen LogP) is 6.26. The molecule has 0 aliphatic rings. The molecule has 242 valence electrons. The van der Waals surface area contributed by atoms with Crippen LogP contribution in [0.1, 0.15) is 30.5 Å². The molecule has 0 heterocycles. The van der Waals surface area contributed by atoms with Gasteiger partial charge in [0.1, 0.15) is 18.3 Å². The van der Waals surface area contributed by atoms with Crippen molar-refractivity contribution in [2.45, 2.75) is 44.7 Å². The van der Waals surface area contributed by atoms with Gasteiger partial charge >= 0.3 is 0 Å². The molecule has 4 aromatic rings. The third kappa shape index (κ3) is 8.89. The predicted molar refractivity (Wildman–Crippen MR) is 182 cm³/mol. The minimum atomic E-state index is -4.23. The molecule has 8 nitrogen and oxygen atoms in total. The summed E-state index contributed by atoms with van der Waals surface area (Å²) in [5.41, 5.74) is 2.47. The van der Waals surface area contributed by atoms with Crippen LogP contribution in [0.3, 0.4) is 0 Å². The van der Waals surface area contributed by atoms with Crippen LogP contribution in [0.2, 0.25) is 5.02 Å². The number of nitrogens with one attached hydrogen (secondary N) is 1. The maximum Gasteiger partial charge on any atom is 0.264 e. The Morgan fingerprint density at radius 1 is 0.870 bits per heavy atom. The zero-order valence-corrected chi connectivity index (χ0v) is 28.1. The van der Waals surface area contributed by atoms with E-state index in [1.54, 1.807) is 56.5 Å². The Labute approximate surface area is 277 Å². The average Bonchev–Trinajstić information content (AvgIpc) is 3.06. The standard InChI is InChI=1S/C36H40ClN3O5S/c1-26(2)23-38-36(42)34(21-28-12-7-5-8-13-28)39(24-29-14-11-15-31(20-29)45-4)35(41)25-40(33-22-30(37)19-18-27(33)3)46(43,44)32-16-9-6-10-17-32/h5-20,22,26,34H,21,23-25H2,1-4H3,(H,38,42)/t34-/m0/s1. The van der Waals surface area contributed by atoms with Crippen LogP contribution in [-0.2, 0) is 32.6 Å². The molecule has 1 N–H and O–H groups in total. The molecule has 0 saturated carbocycles. The van der Waals surface area contributed by atoms with Gasteiger partial charge in [-0.15, -0.1) is 0 Å². The van der Waals surface area contributed by atoms with Crippen molar-refractivity contribution in [2.75, 3.05) is 24.5 Å². The first kappa shape index (κ1) is 34.5. The second kappa shape index (κ2) is 15.8. The van der Waals surface area contributed by atoms with Crippen molar-refractivity contribution < 1.29 is 22.7 Å². The Kier molecular flexibility index (Phi) is 11.8. The number of hydrogen-bond acceptors (Lipinski definition) is 5. The van der Waals surface area contributed by atoms with E-state index in [0.29, 0.717) is 22.9 Å². The number of amides is 2. The quantitative estimate of drug-likeness (QED) is 0.172. The largest absolute Gasteiger partial charge is 0.497 e. The normalized spacial score (nSPS) is 12.0. The third-order valence-electron chi connectivity index (χ3n) is 7.49. The molecule has 1 atom stereocenters. The molecule has 0 spiro atoms. The van der Waals surface area contributed by atoms with Crippen molar-refractivity contribution in [3.63, 3.8) is 0 Å². The van der Waals surface area contributed by atoms with Gasteiger partial charge in [0.25, 0.3) is 10.0 Å². The fraction of sp³-hybridized carbons (Fsp3) is 0.278. The molecular weight excluding hydrogens is 622 g/mol. The van der Waals surface area contributed by atoms with Gasteiger partial charge < -0.3 is 15.0 Å². The van der Waals surface area contributed by atoms with Gasteiger partial charge in [0, 0.05) is 24.5 Å². The molecule has 4 aromatic carbocycles. The molecule has 0 aliphatic heterocycles. The Bertz CT molecular complexity index is 1730. The average molecular weight is 662 g/mol. The highest BCUT2D eigenvalue weighted by Gasteiger charge is 2.35. The molecule has 2 amide bonds. The summed E-state index contributed by atoms with van der Waals surface area (Å²) in [6.45, 7) is 5.63. The van der Waals surface area contributed by atoms with Gasteiger partial charge in [-0.05, 0) is 65.9 Å². The molecule has 0 radical (unpaired) electrons. The fourth-order valence-electron chi connectivity index (χ4n) is 5.03. The van der Waals surface area contributed by atoms with Crippen molar-refractivity contribution >= 4 is 39.1 Å². The van der Waals surface area contributed by atoms with Gasteiger partial charge in [-0.1, -0.05) is 92.2 Å². The smallest absolute Gasteiger partial charge is 0.264 e. The van der Waals surface area contributed by atoms with E-state index >= 15 is 0 Å². The summed E-state index contributed by atoms with van der Waals surface area (Å²) in [4.78, 5) is 30.0. The van der Waals surface area contributed by atoms with Gasteiger partial charge in [0.15, 0.2) is 0 Å². The van der Waals surface area contributed by atoms with E-state index in [9.17, 15) is 18.0 Å². The van der Waals surface area contributed by atoms with Gasteiger partial charge in [0.2, 0.25) is 11.8 Å². The number of carbonyl (C=O) groups excluding carboxylic acids is 2. The second-order valence-corrected chi connectivity index (χ2v) is 13.8. The van der Waals surface area contributed by atoms with E-state index < -0.39 is 28.5 Å². The zero-order chi connectivity index (χ0) is 33.3. The number of ether oxygens (including phenoxy) is 1. The number of nitrogens with zero attached hydrogens (tertiary/aromatic N) is 2. The molecule has 0 unspecified atom stereocenters. The number of aryl methyl sites for hydroxylation is 1. The Morgan fingerprint density at radius 3 is 2.17 bits per heavy atom. The number of carbonyl (C=O) groups is 2. The van der Waals surface area contributed by atoms with Crippen LogP contribution in [0.15, 0.2) is 108 Å². The topological polar surface area (TPSA) is 96.0 Å². The number of rotatable bonds is 14. The molecule has 0 bridgehead atoms. The van der Waals surface area contributed by atoms with Crippen LogP contribution in [0.5, 0.6) is 5.75 Å². The fourth-order valence-corrected chi connectivity index (χ4v) is 6.69. The maximum absolute atomic E-state index is 14.6. The first-order chi connectivity index (χ1) is 22.0. The molecule has 4 rings (SSSR count). The molecule has 0 saturated heterocycles. The minimum Gasteiger partial charge on any atom is -0.497 e. The van der Waals surface area contributed by atoms with Crippen molar-refractivity contribution in [1.29, 1.82) is 0 Å². The minimum absolute atomic E-state index is 0.0250. The SMILES string of the molecule is COc1cccc(CN(C(=O)CN(c2cc(Cl)ccc2C)S(=O)(=O)c2ccccc2)[C@@H](Cc2ccccc2)C(=O)NCC(C)C)c1. The van der Waals surface area contributed by atoms with Crippen LogP contribution in [-0.4, -0.2) is 51.4 Å². The monoisotopic (exact) mass is 661 g/mol. The number of hydrogen-bond donors (Lipinski definition) is 1. The lowest BCUT2D eigenvalue weighted by atomic mass is 10.0. The zero-order valence-electron chi connectivity index (χ0n) is 26.5. The molecular formula is C36H40ClN3O5S. The first-order valence-electron chi connectivity index (χ1n) is 15.1. The van der Waals surface area contributed by atoms with Crippen LogP contribution >= 0.6 is 11.6 Å². The van der Waals surface area contributed by atoms with Crippen molar-refractivity contribution in [2.24, 2.45) is 5.92 Å². The van der Waals surface area contributed by atoms with Crippen LogP contribution in [0.25, 0.3) is 0 Å². The highest BCUT2D eigenvalue weighted by atomic mass is 35.5. The second-order valence-electron chi connectivity index (χ2n) is 11.5. The van der Waals surface area contributed by atoms with Crippen molar-refractivity contribution in [3.05, 3.63) is 125 Å². The summed E-state index contributed by atoms with van der Waals surface area (Å²) in [6, 6.07) is 28.6. The molecule has 46 heavy (non-hydrogen) atoms. The van der Waals surface area contributed by atoms with Gasteiger partial charge in [-0.25, -0.2) is 8.42 Å². The highest BCUT2D eigenvalue weighted by molar-refractivity contribution is 7.92. The van der Waals surface area contributed by atoms with Crippen LogP contribution < -0.4 is 14.4 Å². The van der Waals surface area contributed by atoms with Crippen molar-refractivity contribution in [1.82, 2.24) is 10.2 Å². The van der Waals surface area contributed by atoms with E-state index in [0.717, 1.165) is 15.4 Å². The molecule has 0 aliphatic carbocycles. The number of methoxy groups -OCH3 is 1. The Hall–Kier alpha value is -4.34. The summed E-state index contributed by atoms with van der Waals surface area (Å²) in [5, 5.41) is 3.32. The summed E-state index contributed by atoms with van der Waals surface area (Å²) < 4.78 is 34.9. The van der Waals surface area contributed by atoms with Crippen LogP contribution in [0.4, 0.5) is 5.69 Å². The highest BCUT2D eigenvalue weighted by Crippen LogP contribution is 2.30. The van der Waals surface area contributed by atoms with Gasteiger partial charge in [-0.2, -0.15) is 0 Å². The maximum atomic E-state index is 14.6. The van der Waals surface area contributed by atoms with Gasteiger partial charge in [0.05, 0.1) is 17.7 Å². The van der Waals surface area contributed by atoms with E-state index in [1.807, 2.05) is 56.3 Å². The summed E-state index contributed by atoms with van der Waals surface area (Å²) in [7, 11) is -2.67. The number of benzene rings is 4. The lowest BCUT2D eigenvalue weighted by Gasteiger charge is -2.34. The summed E-state index contributed by atoms with van der Waals surface area (Å²) >= 11 is 6.35. The van der Waals surface area contributed by atoms with E-state index in [1.165, 1.54) is 23.1 Å². The molecule has 10 heteroatoms. The Morgan fingerprint density at radius 2 is 1.52 bits per heavy atom. The van der Waals surface area contributed by atoms with Crippen LogP contribution in [0, 0.1) is 12.8 Å². The summed E-state index contributed by atoms with van der Waals surface area (Å²) in [5.74, 6) is -0.106. The molecule has 0 fully saturated rings. The number of halogens is 1. The number of anilines is 1. The van der Waals surface area contributed by atoms with E-state index in [-0.39, 0.29) is 35.4 Å². The van der Waals surface area contributed by atoms with Crippen molar-refractivity contribution in [3.8, 4) is 5.75 Å².